The van der Waals surface area contributed by atoms with Crippen LogP contribution in [0.3, 0.4) is 0 Å². The third-order valence-corrected chi connectivity index (χ3v) is 5.61. The fourth-order valence-electron chi connectivity index (χ4n) is 3.54. The van der Waals surface area contributed by atoms with Gasteiger partial charge in [-0.15, -0.1) is 0 Å². The maximum Gasteiger partial charge on any atom is 0.332 e. The van der Waals surface area contributed by atoms with Gasteiger partial charge in [0.2, 0.25) is 0 Å². The Labute approximate surface area is 192 Å². The van der Waals surface area contributed by atoms with E-state index in [9.17, 15) is 9.59 Å². The van der Waals surface area contributed by atoms with Gasteiger partial charge in [-0.1, -0.05) is 129 Å². The summed E-state index contributed by atoms with van der Waals surface area (Å²) < 4.78 is 0. The molecule has 0 aromatic rings. The Bertz CT molecular complexity index is 384. The minimum absolute atomic E-state index is 0.345. The van der Waals surface area contributed by atoms with E-state index < -0.39 is 18.0 Å². The predicted molar refractivity (Wildman–Crippen MR) is 130 cm³/mol. The molecular weight excluding hydrogens is 392 g/mol. The van der Waals surface area contributed by atoms with E-state index in [0.29, 0.717) is 12.8 Å². The van der Waals surface area contributed by atoms with Gasteiger partial charge in [-0.05, 0) is 12.8 Å². The van der Waals surface area contributed by atoms with Crippen molar-refractivity contribution in [3.8, 4) is 0 Å². The Morgan fingerprint density at radius 1 is 0.548 bits per heavy atom. The minimum atomic E-state index is -1.16. The Kier molecular flexibility index (Phi) is 27.9. The number of aliphatic hydroxyl groups excluding tert-OH is 1. The van der Waals surface area contributed by atoms with E-state index in [2.05, 4.69) is 13.8 Å². The molecule has 0 spiro atoms. The maximum absolute atomic E-state index is 10.3. The average molecular weight is 445 g/mol. The highest BCUT2D eigenvalue weighted by Gasteiger charge is 2.11. The molecule has 0 rings (SSSR count). The highest BCUT2D eigenvalue weighted by Crippen LogP contribution is 2.13. The van der Waals surface area contributed by atoms with Crippen LogP contribution in [-0.2, 0) is 9.59 Å². The number of aliphatic carboxylic acids is 2. The van der Waals surface area contributed by atoms with Gasteiger partial charge in [-0.3, -0.25) is 4.79 Å². The molecule has 3 N–H and O–H groups in total. The SMILES string of the molecule is CCCCCCC(O)C(=O)O.CCCCCCCCCCCCCCCCCC(=O)O. The molecule has 186 valence electrons. The molecule has 0 bridgehead atoms. The van der Waals surface area contributed by atoms with Crippen molar-refractivity contribution >= 4 is 11.9 Å². The van der Waals surface area contributed by atoms with E-state index in [-0.39, 0.29) is 0 Å². The van der Waals surface area contributed by atoms with Crippen molar-refractivity contribution in [1.82, 2.24) is 0 Å². The molecule has 5 heteroatoms. The van der Waals surface area contributed by atoms with Gasteiger partial charge < -0.3 is 15.3 Å². The highest BCUT2D eigenvalue weighted by atomic mass is 16.4. The molecule has 0 aliphatic rings. The van der Waals surface area contributed by atoms with Crippen molar-refractivity contribution < 1.29 is 24.9 Å². The van der Waals surface area contributed by atoms with Crippen molar-refractivity contribution in [2.24, 2.45) is 0 Å². The first kappa shape index (κ1) is 32.1. The molecule has 1 atom stereocenters. The summed E-state index contributed by atoms with van der Waals surface area (Å²) >= 11 is 0. The first-order chi connectivity index (χ1) is 15.0. The third-order valence-electron chi connectivity index (χ3n) is 5.61. The van der Waals surface area contributed by atoms with Gasteiger partial charge in [0.25, 0.3) is 0 Å². The van der Waals surface area contributed by atoms with Gasteiger partial charge >= 0.3 is 11.9 Å². The summed E-state index contributed by atoms with van der Waals surface area (Å²) in [6.07, 6.45) is 23.5. The van der Waals surface area contributed by atoms with Crippen LogP contribution in [-0.4, -0.2) is 33.4 Å². The summed E-state index contributed by atoms with van der Waals surface area (Å²) in [7, 11) is 0. The summed E-state index contributed by atoms with van der Waals surface area (Å²) in [5.74, 6) is -1.76. The largest absolute Gasteiger partial charge is 0.481 e. The summed E-state index contributed by atoms with van der Waals surface area (Å²) in [5, 5.41) is 25.6. The smallest absolute Gasteiger partial charge is 0.332 e. The molecule has 0 saturated heterocycles. The van der Waals surface area contributed by atoms with Crippen LogP contribution in [0.25, 0.3) is 0 Å². The molecule has 0 radical (unpaired) electrons. The van der Waals surface area contributed by atoms with Crippen LogP contribution in [0.15, 0.2) is 0 Å². The molecule has 1 unspecified atom stereocenters. The third kappa shape index (κ3) is 31.2. The molecule has 31 heavy (non-hydrogen) atoms. The van der Waals surface area contributed by atoms with Gasteiger partial charge in [-0.2, -0.15) is 0 Å². The van der Waals surface area contributed by atoms with Crippen molar-refractivity contribution in [3.63, 3.8) is 0 Å². The topological polar surface area (TPSA) is 94.8 Å². The van der Waals surface area contributed by atoms with Crippen molar-refractivity contribution in [2.75, 3.05) is 0 Å². The second-order valence-corrected chi connectivity index (χ2v) is 8.80. The normalized spacial score (nSPS) is 11.6. The summed E-state index contributed by atoms with van der Waals surface area (Å²) in [6, 6.07) is 0. The quantitative estimate of drug-likeness (QED) is 0.148. The molecule has 0 aromatic heterocycles. The second-order valence-electron chi connectivity index (χ2n) is 8.80. The van der Waals surface area contributed by atoms with E-state index >= 15 is 0 Å². The number of carboxylic acids is 2. The first-order valence-electron chi connectivity index (χ1n) is 13.1. The number of unbranched alkanes of at least 4 members (excludes halogenated alkanes) is 17. The molecule has 0 fully saturated rings. The zero-order chi connectivity index (χ0) is 23.6. The number of carbonyl (C=O) groups is 2. The second kappa shape index (κ2) is 26.9. The molecule has 0 heterocycles. The van der Waals surface area contributed by atoms with Crippen LogP contribution < -0.4 is 0 Å². The number of aliphatic hydroxyl groups is 1. The lowest BCUT2D eigenvalue weighted by Gasteiger charge is -2.03. The average Bonchev–Trinajstić information content (AvgIpc) is 2.74. The Morgan fingerprint density at radius 2 is 0.871 bits per heavy atom. The summed E-state index contributed by atoms with van der Waals surface area (Å²) in [6.45, 7) is 4.36. The number of hydrogen-bond donors (Lipinski definition) is 3. The maximum atomic E-state index is 10.3. The number of rotatable bonds is 22. The molecule has 0 aliphatic carbocycles. The van der Waals surface area contributed by atoms with Crippen LogP contribution in [0, 0.1) is 0 Å². The molecule has 0 saturated carbocycles. The Hall–Kier alpha value is -1.10. The fraction of sp³-hybridized carbons (Fsp3) is 0.923. The summed E-state index contributed by atoms with van der Waals surface area (Å²) in [4.78, 5) is 20.4. The zero-order valence-electron chi connectivity index (χ0n) is 20.6. The van der Waals surface area contributed by atoms with Crippen molar-refractivity contribution in [1.29, 1.82) is 0 Å². The molecule has 5 nitrogen and oxygen atoms in total. The molecular formula is C26H52O5. The molecule has 0 amide bonds. The van der Waals surface area contributed by atoms with Gasteiger partial charge in [0.05, 0.1) is 0 Å². The van der Waals surface area contributed by atoms with Crippen molar-refractivity contribution in [2.45, 2.75) is 155 Å². The van der Waals surface area contributed by atoms with Crippen LogP contribution in [0.5, 0.6) is 0 Å². The van der Waals surface area contributed by atoms with E-state index in [1.165, 1.54) is 83.5 Å². The Morgan fingerprint density at radius 3 is 1.19 bits per heavy atom. The van der Waals surface area contributed by atoms with E-state index in [1.807, 2.05) is 0 Å². The van der Waals surface area contributed by atoms with Gasteiger partial charge in [-0.25, -0.2) is 4.79 Å². The first-order valence-corrected chi connectivity index (χ1v) is 13.1. The van der Waals surface area contributed by atoms with Gasteiger partial charge in [0, 0.05) is 6.42 Å². The lowest BCUT2D eigenvalue weighted by atomic mass is 10.0. The van der Waals surface area contributed by atoms with Crippen LogP contribution in [0.4, 0.5) is 0 Å². The molecule has 0 aromatic carbocycles. The van der Waals surface area contributed by atoms with Crippen LogP contribution in [0.2, 0.25) is 0 Å². The highest BCUT2D eigenvalue weighted by molar-refractivity contribution is 5.71. The number of hydrogen-bond acceptors (Lipinski definition) is 3. The number of carboxylic acid groups (broad SMARTS) is 2. The zero-order valence-corrected chi connectivity index (χ0v) is 20.6. The van der Waals surface area contributed by atoms with E-state index in [4.69, 9.17) is 15.3 Å². The van der Waals surface area contributed by atoms with Crippen LogP contribution in [0.1, 0.15) is 149 Å². The fourth-order valence-corrected chi connectivity index (χ4v) is 3.54. The Balaban J connectivity index is 0. The molecule has 0 aliphatic heterocycles. The lowest BCUT2D eigenvalue weighted by molar-refractivity contribution is -0.147. The summed E-state index contributed by atoms with van der Waals surface area (Å²) in [5.41, 5.74) is 0. The van der Waals surface area contributed by atoms with Gasteiger partial charge in [0.1, 0.15) is 0 Å². The van der Waals surface area contributed by atoms with Crippen LogP contribution >= 0.6 is 0 Å². The van der Waals surface area contributed by atoms with Crippen molar-refractivity contribution in [3.05, 3.63) is 0 Å². The lowest BCUT2D eigenvalue weighted by Crippen LogP contribution is -2.18. The predicted octanol–water partition coefficient (Wildman–Crippen LogP) is 7.73. The minimum Gasteiger partial charge on any atom is -0.481 e. The van der Waals surface area contributed by atoms with E-state index in [1.54, 1.807) is 0 Å². The monoisotopic (exact) mass is 444 g/mol. The standard InChI is InChI=1S/C18H36O2.C8H16O3/c1-2-3-4-5-6-7-8-9-10-11-12-13-14-15-16-17-18(19)20;1-2-3-4-5-6-7(9)8(10)11/h2-17H2,1H3,(H,19,20);7,9H,2-6H2,1H3,(H,10,11). The van der Waals surface area contributed by atoms with Gasteiger partial charge in [0.15, 0.2) is 6.10 Å². The van der Waals surface area contributed by atoms with E-state index in [0.717, 1.165) is 38.5 Å².